The maximum Gasteiger partial charge on any atom is 0.347 e. The lowest BCUT2D eigenvalue weighted by Gasteiger charge is -2.09. The standard InChI is InChI=1S/C14H19NO4/c1-3-18-13(16)12(14(17)19-4-2)10-15-11-8-6-5-7-9-11/h6,8-10,15H,3-5,7H2,1-2H3. The molecule has 0 aromatic carbocycles. The second-order valence-electron chi connectivity index (χ2n) is 3.78. The van der Waals surface area contributed by atoms with Crippen LogP contribution in [0.15, 0.2) is 35.7 Å². The fourth-order valence-electron chi connectivity index (χ4n) is 1.49. The van der Waals surface area contributed by atoms with Crippen LogP contribution >= 0.6 is 0 Å². The highest BCUT2D eigenvalue weighted by atomic mass is 16.6. The molecule has 0 spiro atoms. The van der Waals surface area contributed by atoms with Crippen molar-refractivity contribution in [3.8, 4) is 0 Å². The highest BCUT2D eigenvalue weighted by molar-refractivity contribution is 6.13. The third-order valence-corrected chi connectivity index (χ3v) is 2.37. The zero-order chi connectivity index (χ0) is 14.1. The second-order valence-corrected chi connectivity index (χ2v) is 3.78. The summed E-state index contributed by atoms with van der Waals surface area (Å²) in [5, 5.41) is 2.91. The van der Waals surface area contributed by atoms with Crippen molar-refractivity contribution in [1.82, 2.24) is 5.32 Å². The van der Waals surface area contributed by atoms with Gasteiger partial charge in [-0.15, -0.1) is 0 Å². The smallest absolute Gasteiger partial charge is 0.347 e. The van der Waals surface area contributed by atoms with Crippen LogP contribution in [0.5, 0.6) is 0 Å². The summed E-state index contributed by atoms with van der Waals surface area (Å²) < 4.78 is 9.65. The Hall–Kier alpha value is -2.04. The lowest BCUT2D eigenvalue weighted by atomic mass is 10.1. The molecule has 0 aromatic heterocycles. The molecule has 0 bridgehead atoms. The van der Waals surface area contributed by atoms with Crippen LogP contribution in [0.2, 0.25) is 0 Å². The van der Waals surface area contributed by atoms with E-state index in [4.69, 9.17) is 9.47 Å². The number of hydrogen-bond donors (Lipinski definition) is 1. The van der Waals surface area contributed by atoms with E-state index in [1.807, 2.05) is 18.2 Å². The molecule has 1 rings (SSSR count). The largest absolute Gasteiger partial charge is 0.462 e. The predicted octanol–water partition coefficient (Wildman–Crippen LogP) is 1.82. The molecule has 0 aliphatic heterocycles. The van der Waals surface area contributed by atoms with Crippen molar-refractivity contribution in [2.45, 2.75) is 26.7 Å². The van der Waals surface area contributed by atoms with Crippen molar-refractivity contribution in [1.29, 1.82) is 0 Å². The third kappa shape index (κ3) is 4.99. The van der Waals surface area contributed by atoms with Crippen LogP contribution < -0.4 is 5.32 Å². The van der Waals surface area contributed by atoms with Gasteiger partial charge in [-0.05, 0) is 32.8 Å². The SMILES string of the molecule is CCOC(=O)C(=CNC1=CCCC=C1)C(=O)OCC. The first-order valence-corrected chi connectivity index (χ1v) is 6.36. The van der Waals surface area contributed by atoms with Gasteiger partial charge in [-0.3, -0.25) is 0 Å². The van der Waals surface area contributed by atoms with Crippen LogP contribution in [-0.4, -0.2) is 25.2 Å². The molecule has 19 heavy (non-hydrogen) atoms. The average Bonchev–Trinajstić information content (AvgIpc) is 2.41. The van der Waals surface area contributed by atoms with Gasteiger partial charge in [0.1, 0.15) is 0 Å². The zero-order valence-electron chi connectivity index (χ0n) is 11.3. The molecule has 0 radical (unpaired) electrons. The van der Waals surface area contributed by atoms with Gasteiger partial charge in [0.2, 0.25) is 0 Å². The van der Waals surface area contributed by atoms with E-state index >= 15 is 0 Å². The first kappa shape index (κ1) is 15.0. The summed E-state index contributed by atoms with van der Waals surface area (Å²) in [4.78, 5) is 23.3. The van der Waals surface area contributed by atoms with E-state index in [1.54, 1.807) is 13.8 Å². The number of nitrogens with one attached hydrogen (secondary N) is 1. The number of rotatable bonds is 6. The van der Waals surface area contributed by atoms with Crippen molar-refractivity contribution >= 4 is 11.9 Å². The van der Waals surface area contributed by atoms with Gasteiger partial charge in [-0.25, -0.2) is 9.59 Å². The van der Waals surface area contributed by atoms with Gasteiger partial charge in [0.25, 0.3) is 0 Å². The highest BCUT2D eigenvalue weighted by Crippen LogP contribution is 2.08. The topological polar surface area (TPSA) is 64.6 Å². The van der Waals surface area contributed by atoms with Gasteiger partial charge in [-0.2, -0.15) is 0 Å². The Kier molecular flexibility index (Phi) is 6.43. The summed E-state index contributed by atoms with van der Waals surface area (Å²) in [6, 6.07) is 0. The van der Waals surface area contributed by atoms with Crippen molar-refractivity contribution in [3.63, 3.8) is 0 Å². The summed E-state index contributed by atoms with van der Waals surface area (Å²) in [6.45, 7) is 3.78. The Bertz CT molecular complexity index is 401. The molecular weight excluding hydrogens is 246 g/mol. The Balaban J connectivity index is 2.76. The quantitative estimate of drug-likeness (QED) is 0.343. The van der Waals surface area contributed by atoms with Crippen LogP contribution in [-0.2, 0) is 19.1 Å². The van der Waals surface area contributed by atoms with Crippen LogP contribution in [0.4, 0.5) is 0 Å². The van der Waals surface area contributed by atoms with Crippen LogP contribution in [0, 0.1) is 0 Å². The molecule has 0 saturated heterocycles. The zero-order valence-corrected chi connectivity index (χ0v) is 11.3. The summed E-state index contributed by atoms with van der Waals surface area (Å²) in [5.74, 6) is -1.37. The molecule has 0 aromatic rings. The van der Waals surface area contributed by atoms with Gasteiger partial charge in [0.05, 0.1) is 13.2 Å². The third-order valence-electron chi connectivity index (χ3n) is 2.37. The molecule has 0 unspecified atom stereocenters. The lowest BCUT2D eigenvalue weighted by Crippen LogP contribution is -2.21. The number of carbonyl (C=O) groups excluding carboxylic acids is 2. The van der Waals surface area contributed by atoms with Crippen molar-refractivity contribution in [2.75, 3.05) is 13.2 Å². The van der Waals surface area contributed by atoms with E-state index in [9.17, 15) is 9.59 Å². The maximum atomic E-state index is 11.7. The van der Waals surface area contributed by atoms with Gasteiger partial charge in [0, 0.05) is 11.9 Å². The van der Waals surface area contributed by atoms with E-state index in [1.165, 1.54) is 6.20 Å². The highest BCUT2D eigenvalue weighted by Gasteiger charge is 2.20. The van der Waals surface area contributed by atoms with Crippen LogP contribution in [0.3, 0.4) is 0 Å². The minimum Gasteiger partial charge on any atom is -0.462 e. The van der Waals surface area contributed by atoms with Crippen molar-refractivity contribution < 1.29 is 19.1 Å². The number of allylic oxidation sites excluding steroid dienone is 3. The molecule has 0 heterocycles. The Morgan fingerprint density at radius 2 is 1.84 bits per heavy atom. The molecule has 1 aliphatic rings. The average molecular weight is 265 g/mol. The summed E-state index contributed by atoms with van der Waals surface area (Å²) in [6.07, 6.45) is 9.17. The molecule has 0 amide bonds. The summed E-state index contributed by atoms with van der Waals surface area (Å²) in [5.41, 5.74) is 0.709. The number of hydrogen-bond acceptors (Lipinski definition) is 5. The molecule has 104 valence electrons. The molecule has 0 atom stereocenters. The van der Waals surface area contributed by atoms with Crippen molar-refractivity contribution in [3.05, 3.63) is 35.7 Å². The first-order chi connectivity index (χ1) is 9.19. The fourth-order valence-corrected chi connectivity index (χ4v) is 1.49. The first-order valence-electron chi connectivity index (χ1n) is 6.36. The minimum absolute atomic E-state index is 0.136. The van der Waals surface area contributed by atoms with Gasteiger partial charge >= 0.3 is 11.9 Å². The Morgan fingerprint density at radius 1 is 1.21 bits per heavy atom. The number of ether oxygens (including phenoxy) is 2. The molecule has 5 heteroatoms. The maximum absolute atomic E-state index is 11.7. The second kappa shape index (κ2) is 8.13. The molecule has 0 fully saturated rings. The van der Waals surface area contributed by atoms with Gasteiger partial charge in [-0.1, -0.05) is 12.2 Å². The van der Waals surface area contributed by atoms with Crippen LogP contribution in [0.25, 0.3) is 0 Å². The van der Waals surface area contributed by atoms with E-state index in [0.29, 0.717) is 0 Å². The predicted molar refractivity (Wildman–Crippen MR) is 70.9 cm³/mol. The summed E-state index contributed by atoms with van der Waals surface area (Å²) >= 11 is 0. The van der Waals surface area contributed by atoms with E-state index < -0.39 is 11.9 Å². The Labute approximate surface area is 113 Å². The molecule has 0 saturated carbocycles. The number of carbonyl (C=O) groups is 2. The van der Waals surface area contributed by atoms with E-state index in [2.05, 4.69) is 5.32 Å². The van der Waals surface area contributed by atoms with E-state index in [-0.39, 0.29) is 18.8 Å². The molecule has 1 N–H and O–H groups in total. The van der Waals surface area contributed by atoms with Gasteiger partial charge < -0.3 is 14.8 Å². The fraction of sp³-hybridized carbons (Fsp3) is 0.429. The minimum atomic E-state index is -0.686. The Morgan fingerprint density at radius 3 is 2.32 bits per heavy atom. The van der Waals surface area contributed by atoms with E-state index in [0.717, 1.165) is 18.5 Å². The molecule has 5 nitrogen and oxygen atoms in total. The normalized spacial score (nSPS) is 13.3. The number of esters is 2. The molecular formula is C14H19NO4. The summed E-state index contributed by atoms with van der Waals surface area (Å²) in [7, 11) is 0. The lowest BCUT2D eigenvalue weighted by molar-refractivity contribution is -0.146. The monoisotopic (exact) mass is 265 g/mol. The van der Waals surface area contributed by atoms with Crippen LogP contribution in [0.1, 0.15) is 26.7 Å². The van der Waals surface area contributed by atoms with Gasteiger partial charge in [0.15, 0.2) is 5.57 Å². The molecule has 1 aliphatic carbocycles. The van der Waals surface area contributed by atoms with Crippen molar-refractivity contribution in [2.24, 2.45) is 0 Å².